The number of hydrogen-bond acceptors (Lipinski definition) is 3. The van der Waals surface area contributed by atoms with Crippen LogP contribution in [0.1, 0.15) is 41.0 Å². The number of ether oxygens (including phenoxy) is 1. The average molecular weight is 201 g/mol. The normalized spacial score (nSPS) is 13.4. The highest BCUT2D eigenvalue weighted by Crippen LogP contribution is 1.99. The predicted octanol–water partition coefficient (Wildman–Crippen LogP) is 1.96. The largest absolute Gasteiger partial charge is 0.465 e. The molecule has 0 rings (SSSR count). The van der Waals surface area contributed by atoms with E-state index < -0.39 is 0 Å². The maximum atomic E-state index is 11.3. The van der Waals surface area contributed by atoms with Crippen LogP contribution in [0, 0.1) is 5.92 Å². The molecule has 0 amide bonds. The molecule has 84 valence electrons. The summed E-state index contributed by atoms with van der Waals surface area (Å²) in [7, 11) is 0. The Morgan fingerprint density at radius 1 is 1.21 bits per heavy atom. The molecule has 0 fully saturated rings. The van der Waals surface area contributed by atoms with E-state index >= 15 is 0 Å². The highest BCUT2D eigenvalue weighted by atomic mass is 16.5. The van der Waals surface area contributed by atoms with Gasteiger partial charge in [0.05, 0.1) is 13.0 Å². The molecule has 0 aliphatic heterocycles. The Hall–Kier alpha value is -0.570. The van der Waals surface area contributed by atoms with Crippen molar-refractivity contribution in [1.29, 1.82) is 0 Å². The van der Waals surface area contributed by atoms with Crippen molar-refractivity contribution >= 4 is 5.97 Å². The fraction of sp³-hybridized carbons (Fsp3) is 0.909. The van der Waals surface area contributed by atoms with Crippen LogP contribution in [-0.2, 0) is 9.53 Å². The van der Waals surface area contributed by atoms with Crippen molar-refractivity contribution in [1.82, 2.24) is 5.32 Å². The van der Waals surface area contributed by atoms with E-state index in [4.69, 9.17) is 4.74 Å². The zero-order valence-corrected chi connectivity index (χ0v) is 9.96. The summed E-state index contributed by atoms with van der Waals surface area (Å²) in [6.07, 6.45) is 0.449. The molecule has 1 unspecified atom stereocenters. The number of rotatable bonds is 6. The summed E-state index contributed by atoms with van der Waals surface area (Å²) >= 11 is 0. The Morgan fingerprint density at radius 2 is 1.79 bits per heavy atom. The molecule has 0 aromatic heterocycles. The first-order valence-electron chi connectivity index (χ1n) is 5.33. The summed E-state index contributed by atoms with van der Waals surface area (Å²) in [6.45, 7) is 10.7. The maximum Gasteiger partial charge on any atom is 0.307 e. The predicted molar refractivity (Wildman–Crippen MR) is 58.1 cm³/mol. The SMILES string of the molecule is CC(C)COC(=O)CC(C)NC(C)C. The van der Waals surface area contributed by atoms with Gasteiger partial charge in [-0.25, -0.2) is 0 Å². The van der Waals surface area contributed by atoms with Crippen LogP contribution in [0.15, 0.2) is 0 Å². The number of hydrogen-bond donors (Lipinski definition) is 1. The van der Waals surface area contributed by atoms with E-state index in [-0.39, 0.29) is 12.0 Å². The van der Waals surface area contributed by atoms with Gasteiger partial charge in [0, 0.05) is 12.1 Å². The molecule has 3 heteroatoms. The quantitative estimate of drug-likeness (QED) is 0.668. The molecule has 0 saturated heterocycles. The fourth-order valence-corrected chi connectivity index (χ4v) is 1.20. The monoisotopic (exact) mass is 201 g/mol. The van der Waals surface area contributed by atoms with E-state index in [1.54, 1.807) is 0 Å². The summed E-state index contributed by atoms with van der Waals surface area (Å²) < 4.78 is 5.08. The van der Waals surface area contributed by atoms with Crippen LogP contribution in [0.25, 0.3) is 0 Å². The topological polar surface area (TPSA) is 38.3 Å². The van der Waals surface area contributed by atoms with Gasteiger partial charge in [-0.3, -0.25) is 4.79 Å². The van der Waals surface area contributed by atoms with E-state index in [1.165, 1.54) is 0 Å². The Labute approximate surface area is 87.2 Å². The molecule has 0 aliphatic carbocycles. The van der Waals surface area contributed by atoms with Gasteiger partial charge in [-0.05, 0) is 12.8 Å². The van der Waals surface area contributed by atoms with Crippen LogP contribution in [0.3, 0.4) is 0 Å². The van der Waals surface area contributed by atoms with Gasteiger partial charge < -0.3 is 10.1 Å². The van der Waals surface area contributed by atoms with Gasteiger partial charge >= 0.3 is 5.97 Å². The number of esters is 1. The van der Waals surface area contributed by atoms with Gasteiger partial charge in [0.15, 0.2) is 0 Å². The lowest BCUT2D eigenvalue weighted by Gasteiger charge is -2.16. The zero-order valence-electron chi connectivity index (χ0n) is 9.96. The molecule has 0 aliphatic rings. The lowest BCUT2D eigenvalue weighted by molar-refractivity contribution is -0.145. The molecule has 3 nitrogen and oxygen atoms in total. The van der Waals surface area contributed by atoms with Crippen LogP contribution in [0.4, 0.5) is 0 Å². The number of carbonyl (C=O) groups excluding carboxylic acids is 1. The number of carbonyl (C=O) groups is 1. The summed E-state index contributed by atoms with van der Waals surface area (Å²) in [5, 5.41) is 3.26. The third-order valence-corrected chi connectivity index (χ3v) is 1.67. The molecule has 0 radical (unpaired) electrons. The van der Waals surface area contributed by atoms with Crippen molar-refractivity contribution in [3.63, 3.8) is 0 Å². The van der Waals surface area contributed by atoms with Crippen LogP contribution < -0.4 is 5.32 Å². The minimum atomic E-state index is -0.112. The minimum Gasteiger partial charge on any atom is -0.465 e. The molecule has 0 aromatic rings. The van der Waals surface area contributed by atoms with Crippen LogP contribution in [-0.4, -0.2) is 24.7 Å². The standard InChI is InChI=1S/C11H23NO2/c1-8(2)7-14-11(13)6-10(5)12-9(3)4/h8-10,12H,6-7H2,1-5H3. The lowest BCUT2D eigenvalue weighted by Crippen LogP contribution is -2.34. The highest BCUT2D eigenvalue weighted by Gasteiger charge is 2.11. The van der Waals surface area contributed by atoms with Crippen LogP contribution in [0.2, 0.25) is 0 Å². The Kier molecular flexibility index (Phi) is 6.54. The van der Waals surface area contributed by atoms with Crippen molar-refractivity contribution < 1.29 is 9.53 Å². The van der Waals surface area contributed by atoms with Gasteiger partial charge in [0.2, 0.25) is 0 Å². The van der Waals surface area contributed by atoms with Crippen molar-refractivity contribution in [3.8, 4) is 0 Å². The molecule has 0 aromatic carbocycles. The molecule has 0 bridgehead atoms. The second-order valence-corrected chi connectivity index (χ2v) is 4.50. The molecular weight excluding hydrogens is 178 g/mol. The first-order valence-corrected chi connectivity index (χ1v) is 5.33. The highest BCUT2D eigenvalue weighted by molar-refractivity contribution is 5.70. The third-order valence-electron chi connectivity index (χ3n) is 1.67. The molecule has 1 N–H and O–H groups in total. The fourth-order valence-electron chi connectivity index (χ4n) is 1.20. The van der Waals surface area contributed by atoms with Crippen molar-refractivity contribution in [2.24, 2.45) is 5.92 Å². The van der Waals surface area contributed by atoms with E-state index in [1.807, 2.05) is 20.8 Å². The Bertz CT molecular complexity index is 167. The van der Waals surface area contributed by atoms with E-state index in [0.29, 0.717) is 25.0 Å². The Balaban J connectivity index is 3.60. The smallest absolute Gasteiger partial charge is 0.307 e. The minimum absolute atomic E-state index is 0.112. The van der Waals surface area contributed by atoms with E-state index in [0.717, 1.165) is 0 Å². The van der Waals surface area contributed by atoms with Crippen molar-refractivity contribution in [2.45, 2.75) is 53.1 Å². The Morgan fingerprint density at radius 3 is 2.21 bits per heavy atom. The second kappa shape index (κ2) is 6.82. The summed E-state index contributed by atoms with van der Waals surface area (Å²) in [6, 6.07) is 0.595. The average Bonchev–Trinajstić information content (AvgIpc) is 1.98. The molecule has 1 atom stereocenters. The second-order valence-electron chi connectivity index (χ2n) is 4.50. The first-order chi connectivity index (χ1) is 6.41. The van der Waals surface area contributed by atoms with Gasteiger partial charge in [0.25, 0.3) is 0 Å². The number of nitrogens with one attached hydrogen (secondary N) is 1. The molecule has 0 heterocycles. The van der Waals surface area contributed by atoms with Gasteiger partial charge in [-0.2, -0.15) is 0 Å². The van der Waals surface area contributed by atoms with E-state index in [9.17, 15) is 4.79 Å². The first kappa shape index (κ1) is 13.4. The van der Waals surface area contributed by atoms with E-state index in [2.05, 4.69) is 19.2 Å². The summed E-state index contributed by atoms with van der Waals surface area (Å²) in [5.41, 5.74) is 0. The van der Waals surface area contributed by atoms with Crippen LogP contribution in [0.5, 0.6) is 0 Å². The summed E-state index contributed by atoms with van der Waals surface area (Å²) in [5.74, 6) is 0.298. The third kappa shape index (κ3) is 8.05. The van der Waals surface area contributed by atoms with Gasteiger partial charge in [-0.15, -0.1) is 0 Å². The molecular formula is C11H23NO2. The summed E-state index contributed by atoms with van der Waals surface area (Å²) in [4.78, 5) is 11.3. The van der Waals surface area contributed by atoms with Gasteiger partial charge in [-0.1, -0.05) is 27.7 Å². The van der Waals surface area contributed by atoms with Gasteiger partial charge in [0.1, 0.15) is 0 Å². The van der Waals surface area contributed by atoms with Crippen molar-refractivity contribution in [2.75, 3.05) is 6.61 Å². The maximum absolute atomic E-state index is 11.3. The van der Waals surface area contributed by atoms with Crippen molar-refractivity contribution in [3.05, 3.63) is 0 Å². The van der Waals surface area contributed by atoms with Crippen LogP contribution >= 0.6 is 0 Å². The molecule has 0 saturated carbocycles. The molecule has 14 heavy (non-hydrogen) atoms. The lowest BCUT2D eigenvalue weighted by atomic mass is 10.2. The molecule has 0 spiro atoms. The zero-order chi connectivity index (χ0) is 11.1.